The number of hydrogen-bond donors (Lipinski definition) is 3. The summed E-state index contributed by atoms with van der Waals surface area (Å²) in [5.41, 5.74) is 3.01. The van der Waals surface area contributed by atoms with Crippen molar-refractivity contribution < 1.29 is 18.7 Å². The van der Waals surface area contributed by atoms with Crippen molar-refractivity contribution in [1.82, 2.24) is 24.2 Å². The van der Waals surface area contributed by atoms with Crippen LogP contribution >= 0.6 is 0 Å². The number of nitrogens with zero attached hydrogens (tertiary/aromatic N) is 4. The molecule has 0 fully saturated rings. The Morgan fingerprint density at radius 3 is 2.70 bits per heavy atom. The molecule has 9 nitrogen and oxygen atoms in total. The second kappa shape index (κ2) is 11.6. The minimum absolute atomic E-state index is 0.0959. The molecule has 206 valence electrons. The molecule has 3 heterocycles. The number of anilines is 1. The Labute approximate surface area is 228 Å². The van der Waals surface area contributed by atoms with E-state index in [0.29, 0.717) is 30.0 Å². The van der Waals surface area contributed by atoms with Gasteiger partial charge in [-0.15, -0.1) is 0 Å². The molecule has 0 radical (unpaired) electrons. The molecule has 0 saturated carbocycles. The largest absolute Gasteiger partial charge is 0.395 e. The Balaban J connectivity index is 1.33. The molecule has 0 atom stereocenters. The quantitative estimate of drug-likeness (QED) is 0.246. The summed E-state index contributed by atoms with van der Waals surface area (Å²) >= 11 is 0. The molecule has 2 aromatic carbocycles. The average Bonchev–Trinajstić information content (AvgIpc) is 3.57. The molecule has 3 N–H and O–H groups in total. The topological polar surface area (TPSA) is 108 Å². The summed E-state index contributed by atoms with van der Waals surface area (Å²) in [6, 6.07) is 13.0. The number of pyridine rings is 1. The van der Waals surface area contributed by atoms with Crippen molar-refractivity contribution in [2.75, 3.05) is 25.0 Å². The number of benzene rings is 2. The fourth-order valence-electron chi connectivity index (χ4n) is 4.57. The number of amides is 1. The summed E-state index contributed by atoms with van der Waals surface area (Å²) in [7, 11) is 0. The van der Waals surface area contributed by atoms with Crippen molar-refractivity contribution in [3.05, 3.63) is 112 Å². The smallest absolute Gasteiger partial charge is 0.272 e. The van der Waals surface area contributed by atoms with E-state index in [-0.39, 0.29) is 24.3 Å². The van der Waals surface area contributed by atoms with Gasteiger partial charge in [-0.3, -0.25) is 19.2 Å². The van der Waals surface area contributed by atoms with Crippen LogP contribution in [-0.4, -0.2) is 54.9 Å². The zero-order chi connectivity index (χ0) is 28.2. The molecule has 0 aliphatic heterocycles. The predicted molar refractivity (Wildman–Crippen MR) is 148 cm³/mol. The van der Waals surface area contributed by atoms with Gasteiger partial charge in [0, 0.05) is 37.1 Å². The number of aliphatic hydroxyl groups excluding tert-OH is 1. The standard InChI is InChI=1S/C29H28F2N6O3/c1-2-35(9-10-38)16-19-4-6-26-21(11-19)7-8-37(26)27-13-22(14-32-29(27)40)28(39)34-23-15-33-36(18-23)17-20-3-5-24(30)25(31)12-20/h3-8,11-15,18,38H,2,9-10,16-17H2,1H3,(H,32,40)(H,34,39). The van der Waals surface area contributed by atoms with E-state index in [4.69, 9.17) is 0 Å². The summed E-state index contributed by atoms with van der Waals surface area (Å²) in [6.45, 7) is 4.44. The number of nitrogens with one attached hydrogen (secondary N) is 2. The number of rotatable bonds is 10. The molecule has 11 heteroatoms. The molecule has 0 bridgehead atoms. The van der Waals surface area contributed by atoms with E-state index in [2.05, 4.69) is 26.4 Å². The molecular formula is C29H28F2N6O3. The van der Waals surface area contributed by atoms with E-state index in [1.807, 2.05) is 25.1 Å². The van der Waals surface area contributed by atoms with Crippen LogP contribution < -0.4 is 10.9 Å². The van der Waals surface area contributed by atoms with E-state index >= 15 is 0 Å². The maximum atomic E-state index is 13.5. The highest BCUT2D eigenvalue weighted by molar-refractivity contribution is 6.04. The first-order chi connectivity index (χ1) is 19.3. The Morgan fingerprint density at radius 2 is 1.93 bits per heavy atom. The zero-order valence-corrected chi connectivity index (χ0v) is 21.8. The van der Waals surface area contributed by atoms with Crippen molar-refractivity contribution in [1.29, 1.82) is 0 Å². The van der Waals surface area contributed by atoms with Crippen LogP contribution in [0.2, 0.25) is 0 Å². The summed E-state index contributed by atoms with van der Waals surface area (Å²) in [6.07, 6.45) is 6.15. The number of likely N-dealkylation sites (N-methyl/N-ethyl adjacent to an activating group) is 1. The fourth-order valence-corrected chi connectivity index (χ4v) is 4.57. The van der Waals surface area contributed by atoms with E-state index in [9.17, 15) is 23.5 Å². The molecule has 5 rings (SSSR count). The van der Waals surface area contributed by atoms with Crippen LogP contribution in [0.4, 0.5) is 14.5 Å². The summed E-state index contributed by atoms with van der Waals surface area (Å²) in [5.74, 6) is -2.32. The van der Waals surface area contributed by atoms with Crippen molar-refractivity contribution in [2.24, 2.45) is 0 Å². The van der Waals surface area contributed by atoms with Crippen LogP contribution in [0.3, 0.4) is 0 Å². The van der Waals surface area contributed by atoms with Crippen LogP contribution in [0.25, 0.3) is 16.6 Å². The molecule has 3 aromatic heterocycles. The minimum Gasteiger partial charge on any atom is -0.395 e. The minimum atomic E-state index is -0.941. The van der Waals surface area contributed by atoms with Gasteiger partial charge in [-0.25, -0.2) is 8.78 Å². The van der Waals surface area contributed by atoms with Crippen LogP contribution in [0.1, 0.15) is 28.4 Å². The first-order valence-corrected chi connectivity index (χ1v) is 12.8. The van der Waals surface area contributed by atoms with Gasteiger partial charge in [-0.2, -0.15) is 5.10 Å². The van der Waals surface area contributed by atoms with E-state index in [1.54, 1.807) is 17.0 Å². The molecule has 0 saturated heterocycles. The molecule has 5 aromatic rings. The van der Waals surface area contributed by atoms with Gasteiger partial charge >= 0.3 is 0 Å². The monoisotopic (exact) mass is 546 g/mol. The van der Waals surface area contributed by atoms with E-state index in [0.717, 1.165) is 35.1 Å². The van der Waals surface area contributed by atoms with Gasteiger partial charge < -0.3 is 20.0 Å². The van der Waals surface area contributed by atoms with Crippen LogP contribution in [0, 0.1) is 11.6 Å². The van der Waals surface area contributed by atoms with E-state index in [1.165, 1.54) is 29.2 Å². The second-order valence-corrected chi connectivity index (χ2v) is 9.40. The Hall–Kier alpha value is -4.61. The lowest BCUT2D eigenvalue weighted by molar-refractivity contribution is 0.102. The number of carbonyl (C=O) groups excluding carboxylic acids is 1. The average molecular weight is 547 g/mol. The predicted octanol–water partition coefficient (Wildman–Crippen LogP) is 3.91. The first kappa shape index (κ1) is 27.0. The lowest BCUT2D eigenvalue weighted by atomic mass is 10.1. The highest BCUT2D eigenvalue weighted by atomic mass is 19.2. The fraction of sp³-hybridized carbons (Fsp3) is 0.207. The van der Waals surface area contributed by atoms with Crippen LogP contribution in [0.15, 0.2) is 78.1 Å². The summed E-state index contributed by atoms with van der Waals surface area (Å²) in [4.78, 5) is 30.5. The number of fused-ring (bicyclic) bond motifs is 1. The van der Waals surface area contributed by atoms with E-state index < -0.39 is 17.5 Å². The number of aliphatic hydroxyl groups is 1. The summed E-state index contributed by atoms with van der Waals surface area (Å²) < 4.78 is 29.9. The van der Waals surface area contributed by atoms with Crippen LogP contribution in [0.5, 0.6) is 0 Å². The molecule has 1 amide bonds. The molecule has 0 aliphatic carbocycles. The number of halogens is 2. The Kier molecular flexibility index (Phi) is 7.85. The first-order valence-electron chi connectivity index (χ1n) is 12.8. The number of carbonyl (C=O) groups is 1. The highest BCUT2D eigenvalue weighted by Crippen LogP contribution is 2.22. The number of aromatic nitrogens is 4. The van der Waals surface area contributed by atoms with Gasteiger partial charge in [0.15, 0.2) is 11.6 Å². The number of aromatic amines is 1. The number of hydrogen-bond acceptors (Lipinski definition) is 5. The van der Waals surface area contributed by atoms with Gasteiger partial charge in [0.05, 0.1) is 36.1 Å². The maximum absolute atomic E-state index is 13.5. The van der Waals surface area contributed by atoms with Crippen molar-refractivity contribution >= 4 is 22.5 Å². The summed E-state index contributed by atoms with van der Waals surface area (Å²) in [5, 5.41) is 17.1. The maximum Gasteiger partial charge on any atom is 0.272 e. The van der Waals surface area contributed by atoms with Crippen molar-refractivity contribution in [3.63, 3.8) is 0 Å². The number of H-pyrrole nitrogens is 1. The van der Waals surface area contributed by atoms with Crippen molar-refractivity contribution in [2.45, 2.75) is 20.0 Å². The molecular weight excluding hydrogens is 518 g/mol. The van der Waals surface area contributed by atoms with Crippen molar-refractivity contribution in [3.8, 4) is 5.69 Å². The third-order valence-corrected chi connectivity index (χ3v) is 6.65. The lowest BCUT2D eigenvalue weighted by Gasteiger charge is -2.19. The second-order valence-electron chi connectivity index (χ2n) is 9.40. The Bertz CT molecular complexity index is 1720. The molecule has 40 heavy (non-hydrogen) atoms. The molecule has 0 spiro atoms. The zero-order valence-electron chi connectivity index (χ0n) is 21.8. The third-order valence-electron chi connectivity index (χ3n) is 6.65. The highest BCUT2D eigenvalue weighted by Gasteiger charge is 2.14. The van der Waals surface area contributed by atoms with Gasteiger partial charge in [0.25, 0.3) is 11.5 Å². The van der Waals surface area contributed by atoms with Crippen LogP contribution in [-0.2, 0) is 13.1 Å². The third kappa shape index (κ3) is 5.85. The SMILES string of the molecule is CCN(CCO)Cc1ccc2c(ccn2-c2cc(C(=O)Nc3cnn(Cc4ccc(F)c(F)c4)c3)c[nH]c2=O)c1. The molecule has 0 aliphatic rings. The molecule has 0 unspecified atom stereocenters. The van der Waals surface area contributed by atoms with Gasteiger partial charge in [0.2, 0.25) is 0 Å². The van der Waals surface area contributed by atoms with Gasteiger partial charge in [-0.05, 0) is 54.1 Å². The lowest BCUT2D eigenvalue weighted by Crippen LogP contribution is -2.26. The normalized spacial score (nSPS) is 11.4. The Morgan fingerprint density at radius 1 is 1.10 bits per heavy atom. The van der Waals surface area contributed by atoms with Gasteiger partial charge in [-0.1, -0.05) is 19.1 Å². The van der Waals surface area contributed by atoms with Gasteiger partial charge in [0.1, 0.15) is 5.69 Å².